The Labute approximate surface area is 122 Å². The molecule has 0 saturated heterocycles. The van der Waals surface area contributed by atoms with Gasteiger partial charge in [0, 0.05) is 4.90 Å². The van der Waals surface area contributed by atoms with Crippen molar-refractivity contribution in [3.63, 3.8) is 0 Å². The van der Waals surface area contributed by atoms with Crippen molar-refractivity contribution in [3.05, 3.63) is 59.7 Å². The van der Waals surface area contributed by atoms with E-state index in [4.69, 9.17) is 0 Å². The van der Waals surface area contributed by atoms with E-state index in [9.17, 15) is 22.4 Å². The molecule has 0 aromatic heterocycles. The topological polar surface area (TPSA) is 29.1 Å². The summed E-state index contributed by atoms with van der Waals surface area (Å²) in [5.74, 6) is -5.75. The molecule has 0 unspecified atom stereocenters. The van der Waals surface area contributed by atoms with Crippen LogP contribution in [0.3, 0.4) is 0 Å². The third-order valence-corrected chi connectivity index (χ3v) is 3.33. The summed E-state index contributed by atoms with van der Waals surface area (Å²) in [4.78, 5) is 12.0. The summed E-state index contributed by atoms with van der Waals surface area (Å²) in [6.45, 7) is 0. The Morgan fingerprint density at radius 3 is 2.24 bits per heavy atom. The van der Waals surface area contributed by atoms with E-state index in [1.54, 1.807) is 0 Å². The molecule has 2 rings (SSSR count). The van der Waals surface area contributed by atoms with Crippen LogP contribution in [-0.2, 0) is 0 Å². The van der Waals surface area contributed by atoms with E-state index in [0.29, 0.717) is 0 Å². The zero-order chi connectivity index (χ0) is 15.4. The first-order valence-corrected chi connectivity index (χ1v) is 6.66. The lowest BCUT2D eigenvalue weighted by Gasteiger charge is -2.11. The first-order chi connectivity index (χ1) is 9.99. The van der Waals surface area contributed by atoms with Crippen LogP contribution in [-0.4, -0.2) is 11.7 Å². The summed E-state index contributed by atoms with van der Waals surface area (Å²) in [5, 5.41) is 2.24. The average molecular weight is 315 g/mol. The smallest absolute Gasteiger partial charge is 0.288 e. The molecule has 21 heavy (non-hydrogen) atoms. The van der Waals surface area contributed by atoms with Crippen LogP contribution in [0.5, 0.6) is 0 Å². The minimum atomic E-state index is -2.67. The summed E-state index contributed by atoms with van der Waals surface area (Å²) in [6, 6.07) is 8.80. The predicted octanol–water partition coefficient (Wildman–Crippen LogP) is 4.53. The number of carbonyl (C=O) groups is 1. The number of para-hydroxylation sites is 1. The van der Waals surface area contributed by atoms with Crippen LogP contribution in [0.25, 0.3) is 0 Å². The molecule has 0 radical (unpaired) electrons. The lowest BCUT2D eigenvalue weighted by molar-refractivity contribution is 0.101. The Hall–Kier alpha value is -2.02. The van der Waals surface area contributed by atoms with Crippen LogP contribution in [0, 0.1) is 11.6 Å². The molecule has 0 aliphatic heterocycles. The fraction of sp³-hybridized carbons (Fsp3) is 0.0714. The van der Waals surface area contributed by atoms with Gasteiger partial charge in [-0.15, -0.1) is 0 Å². The van der Waals surface area contributed by atoms with Crippen LogP contribution in [0.1, 0.15) is 10.4 Å². The van der Waals surface area contributed by atoms with Crippen molar-refractivity contribution in [2.75, 3.05) is 5.32 Å². The van der Waals surface area contributed by atoms with Gasteiger partial charge < -0.3 is 5.32 Å². The Bertz CT molecular complexity index is 643. The molecular formula is C14H9F4NOS. The van der Waals surface area contributed by atoms with Gasteiger partial charge in [-0.25, -0.2) is 8.78 Å². The summed E-state index contributed by atoms with van der Waals surface area (Å²) in [7, 11) is 0. The second kappa shape index (κ2) is 6.62. The molecule has 110 valence electrons. The van der Waals surface area contributed by atoms with Crippen LogP contribution < -0.4 is 5.32 Å². The lowest BCUT2D eigenvalue weighted by atomic mass is 10.2. The fourth-order valence-corrected chi connectivity index (χ4v) is 2.26. The highest BCUT2D eigenvalue weighted by Gasteiger charge is 2.19. The number of benzene rings is 2. The Kier molecular flexibility index (Phi) is 4.85. The maximum absolute atomic E-state index is 13.5. The number of hydrogen-bond acceptors (Lipinski definition) is 2. The van der Waals surface area contributed by atoms with E-state index in [-0.39, 0.29) is 22.3 Å². The highest BCUT2D eigenvalue weighted by molar-refractivity contribution is 7.99. The molecular weight excluding hydrogens is 306 g/mol. The standard InChI is InChI=1S/C14H9F4NOS/c15-8-4-3-5-9(16)12(8)13(20)19-10-6-1-2-7-11(10)21-14(17)18/h1-7,14H,(H,19,20). The van der Waals surface area contributed by atoms with E-state index in [1.165, 1.54) is 24.3 Å². The molecule has 2 aromatic carbocycles. The van der Waals surface area contributed by atoms with Crippen LogP contribution >= 0.6 is 11.8 Å². The maximum atomic E-state index is 13.5. The van der Waals surface area contributed by atoms with Crippen molar-refractivity contribution in [2.45, 2.75) is 10.7 Å². The monoisotopic (exact) mass is 315 g/mol. The van der Waals surface area contributed by atoms with Gasteiger partial charge in [-0.3, -0.25) is 4.79 Å². The minimum absolute atomic E-state index is 0.0652. The number of halogens is 4. The van der Waals surface area contributed by atoms with Crippen molar-refractivity contribution in [3.8, 4) is 0 Å². The largest absolute Gasteiger partial charge is 0.321 e. The lowest BCUT2D eigenvalue weighted by Crippen LogP contribution is -2.16. The van der Waals surface area contributed by atoms with E-state index in [2.05, 4.69) is 5.32 Å². The third-order valence-electron chi connectivity index (χ3n) is 2.54. The van der Waals surface area contributed by atoms with E-state index < -0.39 is 28.9 Å². The molecule has 0 spiro atoms. The SMILES string of the molecule is O=C(Nc1ccccc1SC(F)F)c1c(F)cccc1F. The van der Waals surface area contributed by atoms with Gasteiger partial charge in [0.15, 0.2) is 0 Å². The van der Waals surface area contributed by atoms with Crippen molar-refractivity contribution in [2.24, 2.45) is 0 Å². The van der Waals surface area contributed by atoms with Crippen LogP contribution in [0.2, 0.25) is 0 Å². The molecule has 1 amide bonds. The summed E-state index contributed by atoms with van der Waals surface area (Å²) in [6.07, 6.45) is 0. The highest BCUT2D eigenvalue weighted by atomic mass is 32.2. The van der Waals surface area contributed by atoms with Gasteiger partial charge in [0.05, 0.1) is 5.69 Å². The predicted molar refractivity (Wildman–Crippen MR) is 72.6 cm³/mol. The fourth-order valence-electron chi connectivity index (χ4n) is 1.67. The number of amides is 1. The van der Waals surface area contributed by atoms with Gasteiger partial charge in [0.2, 0.25) is 0 Å². The Morgan fingerprint density at radius 1 is 1.00 bits per heavy atom. The van der Waals surface area contributed by atoms with Crippen molar-refractivity contribution in [1.29, 1.82) is 0 Å². The van der Waals surface area contributed by atoms with E-state index in [1.807, 2.05) is 0 Å². The number of hydrogen-bond donors (Lipinski definition) is 1. The van der Waals surface area contributed by atoms with Gasteiger partial charge in [-0.05, 0) is 24.3 Å². The average Bonchev–Trinajstić information content (AvgIpc) is 2.40. The first kappa shape index (κ1) is 15.4. The quantitative estimate of drug-likeness (QED) is 0.663. The van der Waals surface area contributed by atoms with Crippen LogP contribution in [0.15, 0.2) is 47.4 Å². The number of nitrogens with one attached hydrogen (secondary N) is 1. The molecule has 2 aromatic rings. The Balaban J connectivity index is 2.28. The van der Waals surface area contributed by atoms with E-state index in [0.717, 1.165) is 18.2 Å². The number of rotatable bonds is 4. The molecule has 7 heteroatoms. The molecule has 0 bridgehead atoms. The maximum Gasteiger partial charge on any atom is 0.288 e. The number of carbonyl (C=O) groups excluding carboxylic acids is 1. The number of thioether (sulfide) groups is 1. The van der Waals surface area contributed by atoms with E-state index >= 15 is 0 Å². The van der Waals surface area contributed by atoms with Crippen molar-refractivity contribution < 1.29 is 22.4 Å². The molecule has 2 nitrogen and oxygen atoms in total. The number of anilines is 1. The zero-order valence-electron chi connectivity index (χ0n) is 10.4. The molecule has 1 N–H and O–H groups in total. The molecule has 0 aliphatic carbocycles. The highest BCUT2D eigenvalue weighted by Crippen LogP contribution is 2.32. The van der Waals surface area contributed by atoms with Crippen molar-refractivity contribution in [1.82, 2.24) is 0 Å². The second-order valence-corrected chi connectivity index (χ2v) is 4.96. The number of alkyl halides is 2. The summed E-state index contributed by atoms with van der Waals surface area (Å²) >= 11 is 0.235. The molecule has 0 fully saturated rings. The van der Waals surface area contributed by atoms with Gasteiger partial charge in [0.1, 0.15) is 17.2 Å². The zero-order valence-corrected chi connectivity index (χ0v) is 11.3. The normalized spacial score (nSPS) is 10.7. The second-order valence-electron chi connectivity index (χ2n) is 3.93. The van der Waals surface area contributed by atoms with Crippen molar-refractivity contribution >= 4 is 23.4 Å². The summed E-state index contributed by atoms with van der Waals surface area (Å²) in [5.41, 5.74) is -0.690. The van der Waals surface area contributed by atoms with Gasteiger partial charge >= 0.3 is 0 Å². The molecule has 0 heterocycles. The van der Waals surface area contributed by atoms with Gasteiger partial charge in [-0.1, -0.05) is 30.0 Å². The molecule has 0 saturated carbocycles. The molecule has 0 aliphatic rings. The van der Waals surface area contributed by atoms with Crippen LogP contribution in [0.4, 0.5) is 23.2 Å². The third kappa shape index (κ3) is 3.75. The first-order valence-electron chi connectivity index (χ1n) is 5.78. The minimum Gasteiger partial charge on any atom is -0.321 e. The Morgan fingerprint density at radius 2 is 1.62 bits per heavy atom. The molecule has 0 atom stereocenters. The van der Waals surface area contributed by atoms with Gasteiger partial charge in [0.25, 0.3) is 11.7 Å². The van der Waals surface area contributed by atoms with Gasteiger partial charge in [-0.2, -0.15) is 8.78 Å². The summed E-state index contributed by atoms with van der Waals surface area (Å²) < 4.78 is 51.8.